The van der Waals surface area contributed by atoms with Gasteiger partial charge in [-0.3, -0.25) is 9.78 Å². The predicted molar refractivity (Wildman–Crippen MR) is 115 cm³/mol. The van der Waals surface area contributed by atoms with Gasteiger partial charge < -0.3 is 0 Å². The number of rotatable bonds is 15. The Hall–Kier alpha value is -1.15. The Morgan fingerprint density at radius 1 is 0.769 bits per heavy atom. The summed E-state index contributed by atoms with van der Waals surface area (Å²) in [5, 5.41) is -0.192. The molecule has 0 saturated heterocycles. The third-order valence-corrected chi connectivity index (χ3v) is 4.39. The first-order chi connectivity index (χ1) is 12.8. The van der Waals surface area contributed by atoms with Gasteiger partial charge in [0.2, 0.25) is 5.24 Å². The molecule has 26 heavy (non-hydrogen) atoms. The van der Waals surface area contributed by atoms with Crippen molar-refractivity contribution in [3.63, 3.8) is 0 Å². The zero-order chi connectivity index (χ0) is 19.1. The first kappa shape index (κ1) is 24.8. The molecule has 148 valence electrons. The van der Waals surface area contributed by atoms with Gasteiger partial charge in [-0.25, -0.2) is 0 Å². The number of aromatic nitrogens is 1. The highest BCUT2D eigenvalue weighted by atomic mass is 35.5. The lowest BCUT2D eigenvalue weighted by Gasteiger charge is -1.99. The van der Waals surface area contributed by atoms with Gasteiger partial charge in [0.15, 0.2) is 0 Å². The fourth-order valence-electron chi connectivity index (χ4n) is 2.65. The van der Waals surface area contributed by atoms with Crippen LogP contribution in [0, 0.1) is 0 Å². The number of allylic oxidation sites excluding steroid dienone is 2. The third-order valence-electron chi connectivity index (χ3n) is 4.20. The van der Waals surface area contributed by atoms with Gasteiger partial charge in [-0.2, -0.15) is 0 Å². The van der Waals surface area contributed by atoms with E-state index in [0.717, 1.165) is 12.8 Å². The molecule has 1 rings (SSSR count). The monoisotopic (exact) mass is 379 g/mol. The Labute approximate surface area is 166 Å². The summed E-state index contributed by atoms with van der Waals surface area (Å²) in [5.41, 5.74) is 0. The van der Waals surface area contributed by atoms with Gasteiger partial charge in [0.1, 0.15) is 0 Å². The minimum atomic E-state index is -0.192. The van der Waals surface area contributed by atoms with Crippen molar-refractivity contribution in [1.29, 1.82) is 0 Å². The summed E-state index contributed by atoms with van der Waals surface area (Å²) in [6.07, 6.45) is 25.4. The maximum atomic E-state index is 10.5. The lowest BCUT2D eigenvalue weighted by Crippen LogP contribution is -1.86. The van der Waals surface area contributed by atoms with Crippen LogP contribution < -0.4 is 0 Å². The van der Waals surface area contributed by atoms with E-state index in [1.165, 1.54) is 70.6 Å². The molecular weight excluding hydrogens is 342 g/mol. The van der Waals surface area contributed by atoms with Gasteiger partial charge in [-0.15, -0.1) is 0 Å². The predicted octanol–water partition coefficient (Wildman–Crippen LogP) is 7.87. The van der Waals surface area contributed by atoms with Crippen LogP contribution in [0.5, 0.6) is 0 Å². The van der Waals surface area contributed by atoms with E-state index in [1.54, 1.807) is 12.4 Å². The van der Waals surface area contributed by atoms with E-state index in [2.05, 4.69) is 24.1 Å². The van der Waals surface area contributed by atoms with E-state index < -0.39 is 0 Å². The lowest BCUT2D eigenvalue weighted by atomic mass is 10.1. The first-order valence-corrected chi connectivity index (χ1v) is 10.8. The minimum Gasteiger partial charge on any atom is -0.281 e. The normalized spacial score (nSPS) is 10.5. The van der Waals surface area contributed by atoms with Crippen molar-refractivity contribution < 1.29 is 4.79 Å². The highest BCUT2D eigenvalue weighted by Gasteiger charge is 1.95. The van der Waals surface area contributed by atoms with Gasteiger partial charge in [-0.1, -0.05) is 76.5 Å². The summed E-state index contributed by atoms with van der Waals surface area (Å²) in [5.74, 6) is 0. The average Bonchev–Trinajstić information content (AvgIpc) is 2.66. The molecule has 0 atom stereocenters. The van der Waals surface area contributed by atoms with Crippen molar-refractivity contribution >= 4 is 16.8 Å². The highest BCUT2D eigenvalue weighted by Crippen LogP contribution is 2.10. The van der Waals surface area contributed by atoms with Crippen LogP contribution >= 0.6 is 11.6 Å². The molecule has 2 nitrogen and oxygen atoms in total. The number of unbranched alkanes of at least 4 members (excludes halogenated alkanes) is 11. The molecule has 0 aromatic carbocycles. The van der Waals surface area contributed by atoms with Crippen LogP contribution in [0.3, 0.4) is 0 Å². The van der Waals surface area contributed by atoms with E-state index in [-0.39, 0.29) is 5.24 Å². The van der Waals surface area contributed by atoms with Gasteiger partial charge >= 0.3 is 0 Å². The Balaban J connectivity index is 0.000000867. The second-order valence-corrected chi connectivity index (χ2v) is 7.14. The molecule has 0 radical (unpaired) electrons. The number of hydrogen-bond acceptors (Lipinski definition) is 2. The van der Waals surface area contributed by atoms with Crippen LogP contribution in [0.25, 0.3) is 0 Å². The molecule has 3 heteroatoms. The van der Waals surface area contributed by atoms with Crippen molar-refractivity contribution in [2.45, 2.75) is 96.8 Å². The third kappa shape index (κ3) is 22.9. The summed E-state index contributed by atoms with van der Waals surface area (Å²) in [6, 6.07) is 5.72. The molecule has 0 saturated carbocycles. The maximum absolute atomic E-state index is 10.5. The smallest absolute Gasteiger partial charge is 0.221 e. The molecule has 0 spiro atoms. The molecule has 0 fully saturated rings. The Morgan fingerprint density at radius 2 is 1.27 bits per heavy atom. The van der Waals surface area contributed by atoms with E-state index in [0.29, 0.717) is 6.42 Å². The molecule has 0 aliphatic rings. The fourth-order valence-corrected chi connectivity index (χ4v) is 2.78. The molecule has 0 N–H and O–H groups in total. The van der Waals surface area contributed by atoms with Crippen LogP contribution in [-0.4, -0.2) is 10.2 Å². The van der Waals surface area contributed by atoms with Crippen molar-refractivity contribution in [2.24, 2.45) is 0 Å². The van der Waals surface area contributed by atoms with Gasteiger partial charge in [0.05, 0.1) is 0 Å². The topological polar surface area (TPSA) is 30.0 Å². The summed E-state index contributed by atoms with van der Waals surface area (Å²) in [7, 11) is 0. The molecule has 1 aromatic heterocycles. The van der Waals surface area contributed by atoms with E-state index in [1.807, 2.05) is 18.2 Å². The first-order valence-electron chi connectivity index (χ1n) is 10.5. The van der Waals surface area contributed by atoms with Gasteiger partial charge in [0.25, 0.3) is 0 Å². The summed E-state index contributed by atoms with van der Waals surface area (Å²) >= 11 is 5.29. The molecule has 0 aliphatic carbocycles. The van der Waals surface area contributed by atoms with Crippen LogP contribution in [-0.2, 0) is 4.79 Å². The van der Waals surface area contributed by atoms with Crippen LogP contribution in [0.4, 0.5) is 0 Å². The molecule has 0 unspecified atom stereocenters. The standard InChI is InChI=1S/C18H33ClO.C5H5N/c1-2-3-4-5-6-7-8-9-10-11-12-13-14-15-16-17-18(19)20;1-2-4-6-5-3-1/h9-10H,2-8,11-17H2,1H3;1-5H/b10-9-;. The largest absolute Gasteiger partial charge is 0.281 e. The Bertz CT molecular complexity index is 393. The number of carbonyl (C=O) groups excluding carboxylic acids is 1. The number of hydrogen-bond donors (Lipinski definition) is 0. The van der Waals surface area contributed by atoms with E-state index in [4.69, 9.17) is 11.6 Å². The number of pyridine rings is 1. The minimum absolute atomic E-state index is 0.192. The lowest BCUT2D eigenvalue weighted by molar-refractivity contribution is -0.111. The summed E-state index contributed by atoms with van der Waals surface area (Å²) < 4.78 is 0. The second kappa shape index (κ2) is 21.9. The van der Waals surface area contributed by atoms with Crippen LogP contribution in [0.1, 0.15) is 96.8 Å². The Morgan fingerprint density at radius 3 is 1.69 bits per heavy atom. The zero-order valence-electron chi connectivity index (χ0n) is 16.7. The zero-order valence-corrected chi connectivity index (χ0v) is 17.4. The van der Waals surface area contributed by atoms with E-state index in [9.17, 15) is 4.79 Å². The fraction of sp³-hybridized carbons (Fsp3) is 0.652. The summed E-state index contributed by atoms with van der Waals surface area (Å²) in [6.45, 7) is 2.26. The van der Waals surface area contributed by atoms with Crippen molar-refractivity contribution in [1.82, 2.24) is 4.98 Å². The highest BCUT2D eigenvalue weighted by molar-refractivity contribution is 6.63. The van der Waals surface area contributed by atoms with Crippen molar-refractivity contribution in [3.05, 3.63) is 42.7 Å². The molecule has 0 bridgehead atoms. The van der Waals surface area contributed by atoms with Crippen LogP contribution in [0.15, 0.2) is 42.7 Å². The Kier molecular flexibility index (Phi) is 20.9. The maximum Gasteiger partial charge on any atom is 0.221 e. The average molecular weight is 380 g/mol. The molecule has 1 aromatic rings. The molecule has 1 heterocycles. The molecule has 0 aliphatic heterocycles. The van der Waals surface area contributed by atoms with Gasteiger partial charge in [0, 0.05) is 18.8 Å². The van der Waals surface area contributed by atoms with Crippen molar-refractivity contribution in [2.75, 3.05) is 0 Å². The SMILES string of the molecule is CCCCCCCC/C=C\CCCCCCCC(=O)Cl.c1ccncc1. The second-order valence-electron chi connectivity index (χ2n) is 6.71. The number of halogens is 1. The van der Waals surface area contributed by atoms with Crippen LogP contribution in [0.2, 0.25) is 0 Å². The quantitative estimate of drug-likeness (QED) is 0.176. The van der Waals surface area contributed by atoms with Crippen molar-refractivity contribution in [3.8, 4) is 0 Å². The number of carbonyl (C=O) groups is 1. The number of nitrogens with zero attached hydrogens (tertiary/aromatic N) is 1. The van der Waals surface area contributed by atoms with E-state index >= 15 is 0 Å². The molecule has 0 amide bonds. The summed E-state index contributed by atoms with van der Waals surface area (Å²) in [4.78, 5) is 14.3. The molecular formula is C23H38ClNO. The van der Waals surface area contributed by atoms with Gasteiger partial charge in [-0.05, 0) is 55.8 Å².